The number of likely N-dealkylation sites (tertiary alicyclic amines) is 1. The van der Waals surface area contributed by atoms with Crippen LogP contribution in [0.4, 0.5) is 0 Å². The lowest BCUT2D eigenvalue weighted by molar-refractivity contribution is -0.138. The zero-order valence-corrected chi connectivity index (χ0v) is 24.3. The lowest BCUT2D eigenvalue weighted by atomic mass is 9.75. The summed E-state index contributed by atoms with van der Waals surface area (Å²) in [6, 6.07) is 25.2. The SMILES string of the molecule is CC(C)(C)C1CCN(Cc2ccc(/C=C/N(C(=O)c3ccccc3)C(Cc3ccccc3)C(=O)C(N)=O)cc2)CC1. The third kappa shape index (κ3) is 8.24. The second-order valence-electron chi connectivity index (χ2n) is 12.0. The molecule has 0 aliphatic carbocycles. The quantitative estimate of drug-likeness (QED) is 0.327. The molecule has 2 amide bonds. The maximum Gasteiger partial charge on any atom is 0.287 e. The van der Waals surface area contributed by atoms with Gasteiger partial charge in [0, 0.05) is 24.7 Å². The number of rotatable bonds is 10. The molecule has 41 heavy (non-hydrogen) atoms. The minimum absolute atomic E-state index is 0.163. The van der Waals surface area contributed by atoms with Gasteiger partial charge in [-0.1, -0.05) is 93.6 Å². The lowest BCUT2D eigenvalue weighted by Gasteiger charge is -2.38. The molecule has 0 aromatic heterocycles. The molecule has 1 heterocycles. The number of piperidine rings is 1. The summed E-state index contributed by atoms with van der Waals surface area (Å²) in [6.07, 6.45) is 6.01. The second-order valence-corrected chi connectivity index (χ2v) is 12.0. The molecular formula is C35H41N3O3. The Balaban J connectivity index is 1.53. The molecule has 0 spiro atoms. The fraction of sp³-hybridized carbons (Fsp3) is 0.343. The third-order valence-corrected chi connectivity index (χ3v) is 8.03. The number of hydrogen-bond acceptors (Lipinski definition) is 4. The first kappa shape index (κ1) is 29.9. The van der Waals surface area contributed by atoms with Crippen molar-refractivity contribution in [1.82, 2.24) is 9.80 Å². The Hall–Kier alpha value is -4.03. The fourth-order valence-corrected chi connectivity index (χ4v) is 5.48. The Morgan fingerprint density at radius 3 is 2.02 bits per heavy atom. The Bertz CT molecular complexity index is 1340. The summed E-state index contributed by atoms with van der Waals surface area (Å²) >= 11 is 0. The van der Waals surface area contributed by atoms with Crippen LogP contribution in [0.2, 0.25) is 0 Å². The summed E-state index contributed by atoms with van der Waals surface area (Å²) in [6.45, 7) is 10.1. The number of amides is 2. The zero-order chi connectivity index (χ0) is 29.4. The van der Waals surface area contributed by atoms with E-state index in [0.717, 1.165) is 36.7 Å². The van der Waals surface area contributed by atoms with Gasteiger partial charge in [0.25, 0.3) is 11.8 Å². The van der Waals surface area contributed by atoms with Crippen molar-refractivity contribution in [2.24, 2.45) is 17.1 Å². The summed E-state index contributed by atoms with van der Waals surface area (Å²) in [5.74, 6) is -1.50. The molecule has 4 rings (SSSR count). The topological polar surface area (TPSA) is 83.7 Å². The van der Waals surface area contributed by atoms with Crippen LogP contribution >= 0.6 is 0 Å². The van der Waals surface area contributed by atoms with Gasteiger partial charge in [-0.2, -0.15) is 0 Å². The van der Waals surface area contributed by atoms with Crippen molar-refractivity contribution in [1.29, 1.82) is 0 Å². The van der Waals surface area contributed by atoms with Gasteiger partial charge in [0.2, 0.25) is 5.78 Å². The van der Waals surface area contributed by atoms with Gasteiger partial charge in [0.1, 0.15) is 6.04 Å². The van der Waals surface area contributed by atoms with Crippen LogP contribution in [-0.2, 0) is 22.6 Å². The van der Waals surface area contributed by atoms with Crippen molar-refractivity contribution in [2.75, 3.05) is 13.1 Å². The van der Waals surface area contributed by atoms with Crippen LogP contribution in [-0.4, -0.2) is 46.5 Å². The van der Waals surface area contributed by atoms with Gasteiger partial charge in [-0.25, -0.2) is 0 Å². The Morgan fingerprint density at radius 2 is 1.46 bits per heavy atom. The molecule has 2 N–H and O–H groups in total. The van der Waals surface area contributed by atoms with E-state index < -0.39 is 17.7 Å². The number of carbonyl (C=O) groups excluding carboxylic acids is 3. The van der Waals surface area contributed by atoms with E-state index in [-0.39, 0.29) is 12.3 Å². The average Bonchev–Trinajstić information content (AvgIpc) is 2.97. The summed E-state index contributed by atoms with van der Waals surface area (Å²) in [7, 11) is 0. The van der Waals surface area contributed by atoms with Crippen molar-refractivity contribution in [3.8, 4) is 0 Å². The highest BCUT2D eigenvalue weighted by Gasteiger charge is 2.32. The number of nitrogens with two attached hydrogens (primary N) is 1. The number of carbonyl (C=O) groups is 3. The standard InChI is InChI=1S/C35H41N3O3/c1-35(2,3)30-19-21-37(22-20-30)25-28-16-14-26(15-17-28)18-23-38(34(41)29-12-8-5-9-13-29)31(32(39)33(36)40)24-27-10-6-4-7-11-27/h4-18,23,30-31H,19-22,24-25H2,1-3H3,(H2,36,40)/b23-18+. The van der Waals surface area contributed by atoms with Crippen molar-refractivity contribution in [3.63, 3.8) is 0 Å². The summed E-state index contributed by atoms with van der Waals surface area (Å²) in [5.41, 5.74) is 9.16. The fourth-order valence-electron chi connectivity index (χ4n) is 5.48. The smallest absolute Gasteiger partial charge is 0.287 e. The predicted octanol–water partition coefficient (Wildman–Crippen LogP) is 5.72. The van der Waals surface area contributed by atoms with Crippen molar-refractivity contribution in [2.45, 2.75) is 52.6 Å². The molecule has 1 atom stereocenters. The van der Waals surface area contributed by atoms with E-state index in [4.69, 9.17) is 5.73 Å². The first-order valence-corrected chi connectivity index (χ1v) is 14.4. The highest BCUT2D eigenvalue weighted by molar-refractivity contribution is 6.38. The van der Waals surface area contributed by atoms with Crippen molar-refractivity contribution in [3.05, 3.63) is 113 Å². The molecule has 0 saturated carbocycles. The molecule has 1 saturated heterocycles. The zero-order valence-electron chi connectivity index (χ0n) is 24.3. The van der Waals surface area contributed by atoms with Crippen LogP contribution < -0.4 is 5.73 Å². The van der Waals surface area contributed by atoms with Gasteiger partial charge in [-0.05, 0) is 72.2 Å². The van der Waals surface area contributed by atoms with E-state index in [1.807, 2.05) is 48.5 Å². The molecule has 1 unspecified atom stereocenters. The van der Waals surface area contributed by atoms with Gasteiger partial charge in [-0.15, -0.1) is 0 Å². The van der Waals surface area contributed by atoms with E-state index >= 15 is 0 Å². The molecule has 1 aliphatic heterocycles. The van der Waals surface area contributed by atoms with Crippen molar-refractivity contribution >= 4 is 23.7 Å². The van der Waals surface area contributed by atoms with Crippen LogP contribution in [0.5, 0.6) is 0 Å². The van der Waals surface area contributed by atoms with Crippen LogP contribution in [0.3, 0.4) is 0 Å². The molecule has 6 heteroatoms. The van der Waals surface area contributed by atoms with Gasteiger partial charge in [-0.3, -0.25) is 19.3 Å². The maximum atomic E-state index is 13.7. The Labute approximate surface area is 243 Å². The molecular weight excluding hydrogens is 510 g/mol. The van der Waals surface area contributed by atoms with Crippen LogP contribution in [0.1, 0.15) is 60.7 Å². The molecule has 3 aromatic rings. The number of ketones is 1. The van der Waals surface area contributed by atoms with E-state index in [1.165, 1.54) is 23.3 Å². The van der Waals surface area contributed by atoms with E-state index in [1.54, 1.807) is 36.5 Å². The number of hydrogen-bond donors (Lipinski definition) is 1. The highest BCUT2D eigenvalue weighted by Crippen LogP contribution is 2.34. The summed E-state index contributed by atoms with van der Waals surface area (Å²) in [4.78, 5) is 42.6. The van der Waals surface area contributed by atoms with Crippen LogP contribution in [0.25, 0.3) is 6.08 Å². The molecule has 0 radical (unpaired) electrons. The monoisotopic (exact) mass is 551 g/mol. The van der Waals surface area contributed by atoms with Crippen LogP contribution in [0.15, 0.2) is 91.1 Å². The van der Waals surface area contributed by atoms with Crippen molar-refractivity contribution < 1.29 is 14.4 Å². The predicted molar refractivity (Wildman–Crippen MR) is 164 cm³/mol. The minimum Gasteiger partial charge on any atom is -0.363 e. The first-order chi connectivity index (χ1) is 19.6. The van der Waals surface area contributed by atoms with Gasteiger partial charge < -0.3 is 10.6 Å². The van der Waals surface area contributed by atoms with Gasteiger partial charge in [0.15, 0.2) is 0 Å². The largest absolute Gasteiger partial charge is 0.363 e. The molecule has 1 fully saturated rings. The normalized spacial score (nSPS) is 15.5. The molecule has 0 bridgehead atoms. The molecule has 3 aromatic carbocycles. The molecule has 6 nitrogen and oxygen atoms in total. The average molecular weight is 552 g/mol. The number of primary amides is 1. The maximum absolute atomic E-state index is 13.7. The van der Waals surface area contributed by atoms with E-state index in [9.17, 15) is 14.4 Å². The molecule has 214 valence electrons. The lowest BCUT2D eigenvalue weighted by Crippen LogP contribution is -2.47. The number of nitrogens with zero attached hydrogens (tertiary/aromatic N) is 2. The van der Waals surface area contributed by atoms with E-state index in [0.29, 0.717) is 11.0 Å². The molecule has 1 aliphatic rings. The summed E-state index contributed by atoms with van der Waals surface area (Å²) in [5, 5.41) is 0. The van der Waals surface area contributed by atoms with Gasteiger partial charge in [0.05, 0.1) is 0 Å². The Kier molecular flexibility index (Phi) is 9.90. The highest BCUT2D eigenvalue weighted by atomic mass is 16.2. The summed E-state index contributed by atoms with van der Waals surface area (Å²) < 4.78 is 0. The number of Topliss-reactive ketones (excluding diaryl/α,β-unsaturated/α-hetero) is 1. The third-order valence-electron chi connectivity index (χ3n) is 8.03. The number of benzene rings is 3. The Morgan fingerprint density at radius 1 is 0.878 bits per heavy atom. The first-order valence-electron chi connectivity index (χ1n) is 14.4. The van der Waals surface area contributed by atoms with Crippen LogP contribution in [0, 0.1) is 11.3 Å². The minimum atomic E-state index is -1.07. The second kappa shape index (κ2) is 13.6. The van der Waals surface area contributed by atoms with E-state index in [2.05, 4.69) is 37.8 Å². The van der Waals surface area contributed by atoms with Gasteiger partial charge >= 0.3 is 0 Å².